The summed E-state index contributed by atoms with van der Waals surface area (Å²) in [7, 11) is 0. The highest BCUT2D eigenvalue weighted by Gasteiger charge is 2.14. The first-order valence-corrected chi connectivity index (χ1v) is 8.82. The molecule has 108 valence electrons. The molecule has 1 aromatic carbocycles. The largest absolute Gasteiger partial charge is 0.309 e. The summed E-state index contributed by atoms with van der Waals surface area (Å²) >= 11 is 3.58. The minimum atomic E-state index is 0.383. The SMILES string of the molecule is CCNC(CSc1nc(C)cs1)c1cc(C)ccc1C. The van der Waals surface area contributed by atoms with Crippen LogP contribution in [0.5, 0.6) is 0 Å². The van der Waals surface area contributed by atoms with E-state index in [1.165, 1.54) is 16.7 Å². The molecule has 0 saturated heterocycles. The summed E-state index contributed by atoms with van der Waals surface area (Å²) in [5, 5.41) is 5.71. The standard InChI is InChI=1S/C16H22N2S2/c1-5-17-15(10-20-16-18-13(4)9-19-16)14-8-11(2)6-7-12(14)3/h6-9,15,17H,5,10H2,1-4H3. The number of rotatable bonds is 6. The van der Waals surface area contributed by atoms with E-state index >= 15 is 0 Å². The Hall–Kier alpha value is -0.840. The Morgan fingerprint density at radius 2 is 2.10 bits per heavy atom. The van der Waals surface area contributed by atoms with Gasteiger partial charge in [0, 0.05) is 22.9 Å². The van der Waals surface area contributed by atoms with E-state index in [0.717, 1.165) is 22.3 Å². The van der Waals surface area contributed by atoms with E-state index in [1.807, 2.05) is 18.7 Å². The van der Waals surface area contributed by atoms with Crippen molar-refractivity contribution in [3.63, 3.8) is 0 Å². The van der Waals surface area contributed by atoms with Crippen LogP contribution < -0.4 is 5.32 Å². The highest BCUT2D eigenvalue weighted by molar-refractivity contribution is 8.01. The molecule has 0 aliphatic carbocycles. The second-order valence-corrected chi connectivity index (χ2v) is 7.16. The molecule has 1 aromatic heterocycles. The molecule has 20 heavy (non-hydrogen) atoms. The lowest BCUT2D eigenvalue weighted by molar-refractivity contribution is 0.602. The predicted molar refractivity (Wildman–Crippen MR) is 89.9 cm³/mol. The number of hydrogen-bond acceptors (Lipinski definition) is 4. The van der Waals surface area contributed by atoms with Crippen molar-refractivity contribution in [2.24, 2.45) is 0 Å². The van der Waals surface area contributed by atoms with Gasteiger partial charge in [-0.2, -0.15) is 0 Å². The normalized spacial score (nSPS) is 12.6. The topological polar surface area (TPSA) is 24.9 Å². The van der Waals surface area contributed by atoms with E-state index in [1.54, 1.807) is 11.3 Å². The molecule has 1 atom stereocenters. The van der Waals surface area contributed by atoms with Crippen molar-refractivity contribution in [2.75, 3.05) is 12.3 Å². The van der Waals surface area contributed by atoms with Crippen LogP contribution in [0, 0.1) is 20.8 Å². The van der Waals surface area contributed by atoms with E-state index in [2.05, 4.69) is 54.7 Å². The maximum Gasteiger partial charge on any atom is 0.150 e. The Kier molecular flexibility index (Phi) is 5.64. The van der Waals surface area contributed by atoms with Crippen molar-refractivity contribution in [3.05, 3.63) is 46.0 Å². The fourth-order valence-electron chi connectivity index (χ4n) is 2.19. The van der Waals surface area contributed by atoms with Gasteiger partial charge in [0.15, 0.2) is 0 Å². The Balaban J connectivity index is 2.11. The Morgan fingerprint density at radius 3 is 2.75 bits per heavy atom. The van der Waals surface area contributed by atoms with Crippen molar-refractivity contribution in [1.82, 2.24) is 10.3 Å². The molecular formula is C16H22N2S2. The molecule has 2 nitrogen and oxygen atoms in total. The van der Waals surface area contributed by atoms with Crippen LogP contribution in [-0.2, 0) is 0 Å². The van der Waals surface area contributed by atoms with E-state index in [9.17, 15) is 0 Å². The van der Waals surface area contributed by atoms with Gasteiger partial charge < -0.3 is 5.32 Å². The number of thioether (sulfide) groups is 1. The third-order valence-electron chi connectivity index (χ3n) is 3.23. The average Bonchev–Trinajstić information content (AvgIpc) is 2.83. The Bertz CT molecular complexity index is 563. The number of hydrogen-bond donors (Lipinski definition) is 1. The van der Waals surface area contributed by atoms with Crippen LogP contribution in [0.25, 0.3) is 0 Å². The summed E-state index contributed by atoms with van der Waals surface area (Å²) in [6.07, 6.45) is 0. The molecule has 0 saturated carbocycles. The summed E-state index contributed by atoms with van der Waals surface area (Å²) in [5.41, 5.74) is 5.21. The molecule has 1 unspecified atom stereocenters. The zero-order valence-electron chi connectivity index (χ0n) is 12.6. The van der Waals surface area contributed by atoms with Gasteiger partial charge in [0.1, 0.15) is 4.34 Å². The number of nitrogens with zero attached hydrogens (tertiary/aromatic N) is 1. The highest BCUT2D eigenvalue weighted by atomic mass is 32.2. The van der Waals surface area contributed by atoms with Gasteiger partial charge in [-0.15, -0.1) is 11.3 Å². The first kappa shape index (κ1) is 15.5. The van der Waals surface area contributed by atoms with Crippen LogP contribution in [0.1, 0.15) is 35.3 Å². The minimum absolute atomic E-state index is 0.383. The van der Waals surface area contributed by atoms with Crippen LogP contribution in [-0.4, -0.2) is 17.3 Å². The average molecular weight is 307 g/mol. The molecule has 0 radical (unpaired) electrons. The van der Waals surface area contributed by atoms with Gasteiger partial charge in [-0.1, -0.05) is 42.4 Å². The number of thiazole rings is 1. The van der Waals surface area contributed by atoms with E-state index in [-0.39, 0.29) is 0 Å². The van der Waals surface area contributed by atoms with E-state index in [0.29, 0.717) is 6.04 Å². The lowest BCUT2D eigenvalue weighted by atomic mass is 10.00. The molecule has 0 amide bonds. The van der Waals surface area contributed by atoms with Crippen LogP contribution in [0.3, 0.4) is 0 Å². The third kappa shape index (κ3) is 4.08. The summed E-state index contributed by atoms with van der Waals surface area (Å²) < 4.78 is 1.16. The Labute approximate surface area is 130 Å². The molecule has 0 fully saturated rings. The number of aromatic nitrogens is 1. The monoisotopic (exact) mass is 306 g/mol. The second-order valence-electron chi connectivity index (χ2n) is 5.04. The minimum Gasteiger partial charge on any atom is -0.309 e. The zero-order chi connectivity index (χ0) is 14.5. The third-order valence-corrected chi connectivity index (χ3v) is 5.46. The van der Waals surface area contributed by atoms with Gasteiger partial charge in [0.05, 0.1) is 0 Å². The first-order valence-electron chi connectivity index (χ1n) is 6.95. The predicted octanol–water partition coefficient (Wildman–Crippen LogP) is 4.51. The van der Waals surface area contributed by atoms with Crippen molar-refractivity contribution >= 4 is 23.1 Å². The molecule has 0 aliphatic rings. The van der Waals surface area contributed by atoms with Crippen molar-refractivity contribution in [2.45, 2.75) is 38.1 Å². The fraction of sp³-hybridized carbons (Fsp3) is 0.438. The summed E-state index contributed by atoms with van der Waals surface area (Å²) in [6, 6.07) is 7.08. The first-order chi connectivity index (χ1) is 9.60. The van der Waals surface area contributed by atoms with E-state index < -0.39 is 0 Å². The van der Waals surface area contributed by atoms with Crippen molar-refractivity contribution in [3.8, 4) is 0 Å². The zero-order valence-corrected chi connectivity index (χ0v) is 14.2. The quantitative estimate of drug-likeness (QED) is 0.795. The molecular weight excluding hydrogens is 284 g/mol. The molecule has 2 aromatic rings. The van der Waals surface area contributed by atoms with Crippen LogP contribution in [0.2, 0.25) is 0 Å². The van der Waals surface area contributed by atoms with Crippen LogP contribution >= 0.6 is 23.1 Å². The maximum atomic E-state index is 4.53. The lowest BCUT2D eigenvalue weighted by Gasteiger charge is -2.20. The molecule has 1 N–H and O–H groups in total. The Morgan fingerprint density at radius 1 is 1.30 bits per heavy atom. The molecule has 0 bridgehead atoms. The fourth-order valence-corrected chi connectivity index (χ4v) is 4.15. The smallest absolute Gasteiger partial charge is 0.150 e. The number of benzene rings is 1. The van der Waals surface area contributed by atoms with E-state index in [4.69, 9.17) is 0 Å². The van der Waals surface area contributed by atoms with Crippen LogP contribution in [0.15, 0.2) is 27.9 Å². The van der Waals surface area contributed by atoms with Gasteiger partial charge in [-0.3, -0.25) is 0 Å². The molecule has 2 rings (SSSR count). The van der Waals surface area contributed by atoms with Gasteiger partial charge in [-0.05, 0) is 38.4 Å². The van der Waals surface area contributed by atoms with Crippen molar-refractivity contribution in [1.29, 1.82) is 0 Å². The van der Waals surface area contributed by atoms with Gasteiger partial charge in [0.2, 0.25) is 0 Å². The summed E-state index contributed by atoms with van der Waals surface area (Å²) in [6.45, 7) is 9.54. The van der Waals surface area contributed by atoms with Crippen LogP contribution in [0.4, 0.5) is 0 Å². The molecule has 0 spiro atoms. The molecule has 4 heteroatoms. The highest BCUT2D eigenvalue weighted by Crippen LogP contribution is 2.29. The number of nitrogens with one attached hydrogen (secondary N) is 1. The summed E-state index contributed by atoms with van der Waals surface area (Å²) in [5.74, 6) is 1.02. The van der Waals surface area contributed by atoms with Crippen molar-refractivity contribution < 1.29 is 0 Å². The molecule has 1 heterocycles. The lowest BCUT2D eigenvalue weighted by Crippen LogP contribution is -2.23. The maximum absolute atomic E-state index is 4.53. The van der Waals surface area contributed by atoms with Gasteiger partial charge in [0.25, 0.3) is 0 Å². The number of aryl methyl sites for hydroxylation is 3. The summed E-state index contributed by atoms with van der Waals surface area (Å²) in [4.78, 5) is 4.53. The second kappa shape index (κ2) is 7.25. The van der Waals surface area contributed by atoms with Gasteiger partial charge >= 0.3 is 0 Å². The molecule has 0 aliphatic heterocycles. The van der Waals surface area contributed by atoms with Gasteiger partial charge in [-0.25, -0.2) is 4.98 Å².